The van der Waals surface area contributed by atoms with Crippen LogP contribution in [-0.2, 0) is 6.61 Å². The molecule has 0 radical (unpaired) electrons. The summed E-state index contributed by atoms with van der Waals surface area (Å²) in [7, 11) is 2.99. The van der Waals surface area contributed by atoms with E-state index < -0.39 is 17.2 Å². The van der Waals surface area contributed by atoms with Gasteiger partial charge in [0.05, 0.1) is 7.11 Å². The van der Waals surface area contributed by atoms with E-state index in [0.29, 0.717) is 28.1 Å². The van der Waals surface area contributed by atoms with E-state index in [9.17, 15) is 18.4 Å². The van der Waals surface area contributed by atoms with Gasteiger partial charge in [0.25, 0.3) is 11.5 Å². The number of hydrogen-bond donors (Lipinski definition) is 2. The maximum absolute atomic E-state index is 14.1. The van der Waals surface area contributed by atoms with E-state index in [1.54, 1.807) is 25.1 Å². The molecule has 162 valence electrons. The highest BCUT2D eigenvalue weighted by atomic mass is 79.9. The molecule has 0 saturated carbocycles. The Morgan fingerprint density at radius 3 is 2.58 bits per heavy atom. The van der Waals surface area contributed by atoms with Crippen LogP contribution in [0.2, 0.25) is 0 Å². The van der Waals surface area contributed by atoms with Crippen LogP contribution >= 0.6 is 15.9 Å². The van der Waals surface area contributed by atoms with Crippen LogP contribution in [0.25, 0.3) is 11.1 Å². The number of aromatic amines is 1. The highest BCUT2D eigenvalue weighted by Gasteiger charge is 2.22. The van der Waals surface area contributed by atoms with Gasteiger partial charge in [-0.05, 0) is 53.2 Å². The third-order valence-corrected chi connectivity index (χ3v) is 5.37. The van der Waals surface area contributed by atoms with E-state index >= 15 is 0 Å². The van der Waals surface area contributed by atoms with Gasteiger partial charge in [-0.15, -0.1) is 0 Å². The lowest BCUT2D eigenvalue weighted by molar-refractivity contribution is 0.0963. The molecule has 0 bridgehead atoms. The van der Waals surface area contributed by atoms with E-state index in [-0.39, 0.29) is 28.3 Å². The van der Waals surface area contributed by atoms with Crippen molar-refractivity contribution in [2.45, 2.75) is 13.5 Å². The molecule has 6 nitrogen and oxygen atoms in total. The van der Waals surface area contributed by atoms with Gasteiger partial charge in [-0.2, -0.15) is 0 Å². The van der Waals surface area contributed by atoms with Crippen LogP contribution in [0.15, 0.2) is 45.7 Å². The van der Waals surface area contributed by atoms with Gasteiger partial charge < -0.3 is 19.8 Å². The fourth-order valence-corrected chi connectivity index (χ4v) is 3.52. The van der Waals surface area contributed by atoms with Crippen molar-refractivity contribution >= 4 is 21.8 Å². The molecular formula is C22H19BrF2N2O4. The van der Waals surface area contributed by atoms with E-state index in [1.165, 1.54) is 20.2 Å². The summed E-state index contributed by atoms with van der Waals surface area (Å²) in [5.74, 6) is -1.20. The Balaban J connectivity index is 2.16. The number of H-pyrrole nitrogens is 1. The first kappa shape index (κ1) is 22.5. The Kier molecular flexibility index (Phi) is 6.74. The van der Waals surface area contributed by atoms with Crippen LogP contribution in [0.3, 0.4) is 0 Å². The number of amides is 1. The van der Waals surface area contributed by atoms with E-state index in [0.717, 1.165) is 12.1 Å². The SMILES string of the molecule is CNC(=O)c1ccc(OC)c(-c2c(C)[nH]c(=O)c(Br)c2OCc2ccc(F)cc2F)c1. The predicted molar refractivity (Wildman–Crippen MR) is 116 cm³/mol. The van der Waals surface area contributed by atoms with Crippen molar-refractivity contribution in [2.24, 2.45) is 0 Å². The van der Waals surface area contributed by atoms with E-state index in [2.05, 4.69) is 26.2 Å². The van der Waals surface area contributed by atoms with Crippen molar-refractivity contribution < 1.29 is 23.0 Å². The molecule has 0 aliphatic carbocycles. The maximum Gasteiger partial charge on any atom is 0.266 e. The lowest BCUT2D eigenvalue weighted by atomic mass is 9.99. The first-order chi connectivity index (χ1) is 14.8. The number of halogens is 3. The Labute approximate surface area is 185 Å². The first-order valence-electron chi connectivity index (χ1n) is 9.16. The average Bonchev–Trinajstić information content (AvgIpc) is 2.75. The molecule has 1 aromatic heterocycles. The van der Waals surface area contributed by atoms with Gasteiger partial charge in [-0.3, -0.25) is 9.59 Å². The number of nitrogens with one attached hydrogen (secondary N) is 2. The number of methoxy groups -OCH3 is 1. The summed E-state index contributed by atoms with van der Waals surface area (Å²) in [4.78, 5) is 27.2. The van der Waals surface area contributed by atoms with E-state index in [4.69, 9.17) is 9.47 Å². The molecule has 2 N–H and O–H groups in total. The average molecular weight is 493 g/mol. The minimum atomic E-state index is -0.765. The highest BCUT2D eigenvalue weighted by molar-refractivity contribution is 9.10. The molecule has 0 fully saturated rings. The largest absolute Gasteiger partial charge is 0.496 e. The second-order valence-corrected chi connectivity index (χ2v) is 7.41. The molecule has 1 amide bonds. The number of hydrogen-bond acceptors (Lipinski definition) is 4. The molecule has 0 spiro atoms. The molecule has 0 atom stereocenters. The van der Waals surface area contributed by atoms with Crippen LogP contribution in [-0.4, -0.2) is 25.0 Å². The molecule has 2 aromatic carbocycles. The van der Waals surface area contributed by atoms with Gasteiger partial charge in [0.1, 0.15) is 34.2 Å². The summed E-state index contributed by atoms with van der Waals surface area (Å²) in [5.41, 5.74) is 1.44. The number of ether oxygens (including phenoxy) is 2. The zero-order valence-electron chi connectivity index (χ0n) is 16.9. The van der Waals surface area contributed by atoms with Crippen LogP contribution < -0.4 is 20.3 Å². The van der Waals surface area contributed by atoms with E-state index in [1.807, 2.05) is 0 Å². The fraction of sp³-hybridized carbons (Fsp3) is 0.182. The van der Waals surface area contributed by atoms with Crippen molar-refractivity contribution in [1.82, 2.24) is 10.3 Å². The third-order valence-electron chi connectivity index (χ3n) is 4.65. The quantitative estimate of drug-likeness (QED) is 0.536. The van der Waals surface area contributed by atoms with Crippen molar-refractivity contribution in [2.75, 3.05) is 14.2 Å². The molecule has 3 aromatic rings. The Morgan fingerprint density at radius 1 is 1.19 bits per heavy atom. The Morgan fingerprint density at radius 2 is 1.94 bits per heavy atom. The molecule has 0 unspecified atom stereocenters. The smallest absolute Gasteiger partial charge is 0.266 e. The maximum atomic E-state index is 14.1. The van der Waals surface area contributed by atoms with Gasteiger partial charge in [0.2, 0.25) is 0 Å². The minimum Gasteiger partial charge on any atom is -0.496 e. The van der Waals surface area contributed by atoms with Crippen molar-refractivity contribution in [3.05, 3.63) is 79.7 Å². The number of rotatable bonds is 6. The molecule has 1 heterocycles. The molecular weight excluding hydrogens is 474 g/mol. The Bertz CT molecular complexity index is 1210. The molecule has 3 rings (SSSR count). The van der Waals surface area contributed by atoms with Gasteiger partial charge in [-0.25, -0.2) is 8.78 Å². The minimum absolute atomic E-state index is 0.0861. The molecule has 9 heteroatoms. The third kappa shape index (κ3) is 4.61. The molecule has 0 saturated heterocycles. The van der Waals surface area contributed by atoms with Gasteiger partial charge in [0, 0.05) is 41.1 Å². The summed E-state index contributed by atoms with van der Waals surface area (Å²) < 4.78 is 38.6. The standard InChI is InChI=1S/C22H19BrF2N2O4/c1-11-18(15-8-12(21(28)26-2)5-7-17(15)30-3)20(19(23)22(29)27-11)31-10-13-4-6-14(24)9-16(13)25/h4-9H,10H2,1-3H3,(H,26,28)(H,27,29). The highest BCUT2D eigenvalue weighted by Crippen LogP contribution is 2.41. The molecule has 0 aliphatic rings. The number of pyridine rings is 1. The molecule has 0 aliphatic heterocycles. The first-order valence-corrected chi connectivity index (χ1v) is 9.95. The van der Waals surface area contributed by atoms with Crippen LogP contribution in [0.1, 0.15) is 21.6 Å². The van der Waals surface area contributed by atoms with Crippen molar-refractivity contribution in [1.29, 1.82) is 0 Å². The van der Waals surface area contributed by atoms with Crippen molar-refractivity contribution in [3.8, 4) is 22.6 Å². The van der Waals surface area contributed by atoms with Gasteiger partial charge in [0.15, 0.2) is 0 Å². The monoisotopic (exact) mass is 492 g/mol. The number of aryl methyl sites for hydroxylation is 1. The summed E-state index contributed by atoms with van der Waals surface area (Å²) in [5, 5.41) is 2.55. The molecule has 31 heavy (non-hydrogen) atoms. The second kappa shape index (κ2) is 9.30. The summed E-state index contributed by atoms with van der Waals surface area (Å²) >= 11 is 3.23. The lowest BCUT2D eigenvalue weighted by Gasteiger charge is -2.18. The normalized spacial score (nSPS) is 10.6. The summed E-state index contributed by atoms with van der Waals surface area (Å²) in [6.07, 6.45) is 0. The summed E-state index contributed by atoms with van der Waals surface area (Å²) in [6, 6.07) is 7.98. The van der Waals surface area contributed by atoms with Crippen molar-refractivity contribution in [3.63, 3.8) is 0 Å². The predicted octanol–water partition coefficient (Wildman–Crippen LogP) is 4.34. The number of carbonyl (C=O) groups is 1. The summed E-state index contributed by atoms with van der Waals surface area (Å²) in [6.45, 7) is 1.42. The lowest BCUT2D eigenvalue weighted by Crippen LogP contribution is -2.18. The topological polar surface area (TPSA) is 80.4 Å². The zero-order valence-corrected chi connectivity index (χ0v) is 18.5. The second-order valence-electron chi connectivity index (χ2n) is 6.62. The van der Waals surface area contributed by atoms with Gasteiger partial charge >= 0.3 is 0 Å². The zero-order chi connectivity index (χ0) is 22.7. The fourth-order valence-electron chi connectivity index (χ4n) is 3.11. The van der Waals surface area contributed by atoms with Crippen LogP contribution in [0, 0.1) is 18.6 Å². The number of aromatic nitrogens is 1. The number of carbonyl (C=O) groups excluding carboxylic acids is 1. The van der Waals surface area contributed by atoms with Crippen LogP contribution in [0.5, 0.6) is 11.5 Å². The van der Waals surface area contributed by atoms with Gasteiger partial charge in [-0.1, -0.05) is 0 Å². The number of benzene rings is 2. The van der Waals surface area contributed by atoms with Crippen LogP contribution in [0.4, 0.5) is 8.78 Å². The Hall–Kier alpha value is -3.20.